The zero-order valence-electron chi connectivity index (χ0n) is 10.1. The summed E-state index contributed by atoms with van der Waals surface area (Å²) in [5.41, 5.74) is 2.45. The van der Waals surface area contributed by atoms with E-state index in [1.165, 1.54) is 11.1 Å². The highest BCUT2D eigenvalue weighted by Crippen LogP contribution is 2.32. The fraction of sp³-hybridized carbons (Fsp3) is 0.538. The number of hydrogen-bond donors (Lipinski definition) is 1. The highest BCUT2D eigenvalue weighted by atomic mass is 35.5. The highest BCUT2D eigenvalue weighted by Gasteiger charge is 2.11. The van der Waals surface area contributed by atoms with E-state index in [-0.39, 0.29) is 6.61 Å². The molecular formula is C13H19ClO2. The zero-order chi connectivity index (χ0) is 12.1. The minimum absolute atomic E-state index is 0.210. The Kier molecular flexibility index (Phi) is 5.10. The van der Waals surface area contributed by atoms with E-state index in [1.54, 1.807) is 7.11 Å². The van der Waals surface area contributed by atoms with Gasteiger partial charge in [-0.25, -0.2) is 0 Å². The van der Waals surface area contributed by atoms with Crippen LogP contribution in [0, 0.1) is 0 Å². The van der Waals surface area contributed by atoms with Gasteiger partial charge in [-0.05, 0) is 42.0 Å². The summed E-state index contributed by atoms with van der Waals surface area (Å²) in [6, 6.07) is 3.95. The predicted molar refractivity (Wildman–Crippen MR) is 67.5 cm³/mol. The normalized spacial score (nSPS) is 10.9. The van der Waals surface area contributed by atoms with Crippen molar-refractivity contribution in [3.63, 3.8) is 0 Å². The van der Waals surface area contributed by atoms with Gasteiger partial charge in [0, 0.05) is 6.61 Å². The van der Waals surface area contributed by atoms with Gasteiger partial charge in [0.25, 0.3) is 0 Å². The summed E-state index contributed by atoms with van der Waals surface area (Å²) in [4.78, 5) is 0. The van der Waals surface area contributed by atoms with Crippen LogP contribution in [0.4, 0.5) is 0 Å². The van der Waals surface area contributed by atoms with Crippen LogP contribution in [0.15, 0.2) is 12.1 Å². The molecule has 0 radical (unpaired) electrons. The molecule has 0 unspecified atom stereocenters. The number of hydrogen-bond acceptors (Lipinski definition) is 2. The molecule has 3 heteroatoms. The maximum atomic E-state index is 8.87. The first-order valence-corrected chi connectivity index (χ1v) is 5.95. The van der Waals surface area contributed by atoms with Gasteiger partial charge in [0.15, 0.2) is 0 Å². The minimum atomic E-state index is 0.210. The molecule has 0 aliphatic carbocycles. The number of rotatable bonds is 5. The van der Waals surface area contributed by atoms with Crippen LogP contribution in [0.3, 0.4) is 0 Å². The van der Waals surface area contributed by atoms with E-state index in [0.29, 0.717) is 10.9 Å². The van der Waals surface area contributed by atoms with Crippen molar-refractivity contribution in [2.45, 2.75) is 32.6 Å². The summed E-state index contributed by atoms with van der Waals surface area (Å²) in [6.45, 7) is 4.50. The molecule has 90 valence electrons. The molecule has 0 aliphatic heterocycles. The zero-order valence-corrected chi connectivity index (χ0v) is 10.8. The molecule has 1 rings (SSSR count). The molecule has 2 nitrogen and oxygen atoms in total. The third-order valence-electron chi connectivity index (χ3n) is 2.64. The summed E-state index contributed by atoms with van der Waals surface area (Å²) < 4.78 is 5.21. The highest BCUT2D eigenvalue weighted by molar-refractivity contribution is 6.32. The maximum Gasteiger partial charge on any atom is 0.137 e. The first kappa shape index (κ1) is 13.3. The topological polar surface area (TPSA) is 29.5 Å². The number of ether oxygens (including phenoxy) is 1. The van der Waals surface area contributed by atoms with Crippen LogP contribution in [0.2, 0.25) is 5.02 Å². The Bertz CT molecular complexity index is 348. The van der Waals surface area contributed by atoms with Gasteiger partial charge in [-0.2, -0.15) is 0 Å². The molecule has 1 aromatic carbocycles. The maximum absolute atomic E-state index is 8.87. The minimum Gasteiger partial charge on any atom is -0.495 e. The quantitative estimate of drug-likeness (QED) is 0.858. The fourth-order valence-corrected chi connectivity index (χ4v) is 2.05. The van der Waals surface area contributed by atoms with E-state index in [1.807, 2.05) is 12.1 Å². The second kappa shape index (κ2) is 6.12. The molecule has 16 heavy (non-hydrogen) atoms. The summed E-state index contributed by atoms with van der Waals surface area (Å²) in [7, 11) is 1.62. The summed E-state index contributed by atoms with van der Waals surface area (Å²) in [6.07, 6.45) is 1.62. The summed E-state index contributed by atoms with van der Waals surface area (Å²) in [5, 5.41) is 9.51. The van der Waals surface area contributed by atoms with Crippen LogP contribution >= 0.6 is 11.6 Å². The number of aryl methyl sites for hydroxylation is 1. The first-order valence-electron chi connectivity index (χ1n) is 5.57. The number of halogens is 1. The van der Waals surface area contributed by atoms with Gasteiger partial charge in [0.1, 0.15) is 5.75 Å². The van der Waals surface area contributed by atoms with E-state index in [0.717, 1.165) is 18.6 Å². The van der Waals surface area contributed by atoms with Crippen LogP contribution in [0.25, 0.3) is 0 Å². The molecule has 1 aromatic rings. The molecule has 0 spiro atoms. The van der Waals surface area contributed by atoms with E-state index in [9.17, 15) is 0 Å². The Morgan fingerprint density at radius 1 is 1.38 bits per heavy atom. The molecular weight excluding hydrogens is 224 g/mol. The van der Waals surface area contributed by atoms with Crippen molar-refractivity contribution in [2.24, 2.45) is 0 Å². The van der Waals surface area contributed by atoms with Crippen molar-refractivity contribution < 1.29 is 9.84 Å². The van der Waals surface area contributed by atoms with Gasteiger partial charge in [0.2, 0.25) is 0 Å². The molecule has 0 amide bonds. The number of benzene rings is 1. The molecule has 0 atom stereocenters. The SMILES string of the molecule is COc1cc(C(C)C)c(CCCO)cc1Cl. The van der Waals surface area contributed by atoms with Crippen LogP contribution < -0.4 is 4.74 Å². The Labute approximate surface area is 102 Å². The second-order valence-electron chi connectivity index (χ2n) is 4.17. The lowest BCUT2D eigenvalue weighted by molar-refractivity contribution is 0.288. The number of aliphatic hydroxyl groups excluding tert-OH is 1. The number of methoxy groups -OCH3 is 1. The van der Waals surface area contributed by atoms with E-state index >= 15 is 0 Å². The van der Waals surface area contributed by atoms with Gasteiger partial charge < -0.3 is 9.84 Å². The Hall–Kier alpha value is -0.730. The monoisotopic (exact) mass is 242 g/mol. The molecule has 0 bridgehead atoms. The van der Waals surface area contributed by atoms with Gasteiger partial charge in [-0.3, -0.25) is 0 Å². The average molecular weight is 243 g/mol. The summed E-state index contributed by atoms with van der Waals surface area (Å²) in [5.74, 6) is 1.15. The van der Waals surface area contributed by atoms with Crippen molar-refractivity contribution in [3.05, 3.63) is 28.3 Å². The lowest BCUT2D eigenvalue weighted by Gasteiger charge is -2.15. The molecule has 0 aromatic heterocycles. The predicted octanol–water partition coefficient (Wildman–Crippen LogP) is 3.40. The second-order valence-corrected chi connectivity index (χ2v) is 4.57. The standard InChI is InChI=1S/C13H19ClO2/c1-9(2)11-8-13(16-3)12(14)7-10(11)5-4-6-15/h7-9,15H,4-6H2,1-3H3. The molecule has 0 aliphatic rings. The van der Waals surface area contributed by atoms with Crippen LogP contribution in [-0.2, 0) is 6.42 Å². The van der Waals surface area contributed by atoms with Crippen molar-refractivity contribution in [3.8, 4) is 5.75 Å². The fourth-order valence-electron chi connectivity index (χ4n) is 1.79. The largest absolute Gasteiger partial charge is 0.495 e. The molecule has 0 fully saturated rings. The van der Waals surface area contributed by atoms with Gasteiger partial charge in [0.05, 0.1) is 12.1 Å². The third-order valence-corrected chi connectivity index (χ3v) is 2.94. The molecule has 0 saturated heterocycles. The van der Waals surface area contributed by atoms with Crippen LogP contribution in [-0.4, -0.2) is 18.8 Å². The summed E-state index contributed by atoms with van der Waals surface area (Å²) >= 11 is 6.10. The average Bonchev–Trinajstić information content (AvgIpc) is 2.25. The van der Waals surface area contributed by atoms with Gasteiger partial charge in [-0.15, -0.1) is 0 Å². The van der Waals surface area contributed by atoms with E-state index in [4.69, 9.17) is 21.4 Å². The smallest absolute Gasteiger partial charge is 0.137 e. The van der Waals surface area contributed by atoms with Crippen molar-refractivity contribution in [1.82, 2.24) is 0 Å². The Balaban J connectivity index is 3.09. The van der Waals surface area contributed by atoms with Crippen LogP contribution in [0.1, 0.15) is 37.3 Å². The Morgan fingerprint density at radius 3 is 2.56 bits per heavy atom. The van der Waals surface area contributed by atoms with Crippen molar-refractivity contribution in [2.75, 3.05) is 13.7 Å². The molecule has 0 saturated carbocycles. The molecule has 1 N–H and O–H groups in total. The van der Waals surface area contributed by atoms with Crippen LogP contribution in [0.5, 0.6) is 5.75 Å². The van der Waals surface area contributed by atoms with E-state index in [2.05, 4.69) is 13.8 Å². The first-order chi connectivity index (χ1) is 7.60. The number of aliphatic hydroxyl groups is 1. The lowest BCUT2D eigenvalue weighted by Crippen LogP contribution is -2.00. The molecule has 0 heterocycles. The Morgan fingerprint density at radius 2 is 2.06 bits per heavy atom. The van der Waals surface area contributed by atoms with Gasteiger partial charge in [-0.1, -0.05) is 25.4 Å². The van der Waals surface area contributed by atoms with Crippen molar-refractivity contribution in [1.29, 1.82) is 0 Å². The lowest BCUT2D eigenvalue weighted by atomic mass is 9.94. The van der Waals surface area contributed by atoms with Gasteiger partial charge >= 0.3 is 0 Å². The third kappa shape index (κ3) is 3.13. The van der Waals surface area contributed by atoms with E-state index < -0.39 is 0 Å². The van der Waals surface area contributed by atoms with Crippen molar-refractivity contribution >= 4 is 11.6 Å².